The molecule has 0 aliphatic heterocycles. The summed E-state index contributed by atoms with van der Waals surface area (Å²) < 4.78 is 3.70. The number of aliphatic hydroxyl groups excluding tert-OH is 1. The normalized spacial score (nSPS) is 10.8. The highest BCUT2D eigenvalue weighted by atomic mass is 16.3. The van der Waals surface area contributed by atoms with Gasteiger partial charge in [0.1, 0.15) is 0 Å². The highest BCUT2D eigenvalue weighted by molar-refractivity contribution is 5.39. The number of aliphatic hydroxyl groups is 1. The predicted octanol–water partition coefficient (Wildman–Crippen LogP) is 1.01. The van der Waals surface area contributed by atoms with Gasteiger partial charge in [0.15, 0.2) is 0 Å². The van der Waals surface area contributed by atoms with Crippen LogP contribution in [0.2, 0.25) is 0 Å². The first-order chi connectivity index (χ1) is 8.74. The van der Waals surface area contributed by atoms with Crippen LogP contribution in [0.1, 0.15) is 18.2 Å². The molecule has 0 fully saturated rings. The second-order valence-electron chi connectivity index (χ2n) is 4.16. The molecule has 2 N–H and O–H groups in total. The maximum absolute atomic E-state index is 8.82. The number of rotatable bonds is 6. The fourth-order valence-corrected chi connectivity index (χ4v) is 1.87. The van der Waals surface area contributed by atoms with Crippen LogP contribution in [0, 0.1) is 6.92 Å². The Morgan fingerprint density at radius 1 is 1.33 bits per heavy atom. The van der Waals surface area contributed by atoms with Crippen LogP contribution in [0.15, 0.2) is 18.6 Å². The lowest BCUT2D eigenvalue weighted by Gasteiger charge is -2.07. The van der Waals surface area contributed by atoms with E-state index in [1.165, 1.54) is 11.3 Å². The van der Waals surface area contributed by atoms with Crippen LogP contribution in [0.4, 0.5) is 5.69 Å². The minimum absolute atomic E-state index is 0.100. The van der Waals surface area contributed by atoms with Crippen molar-refractivity contribution in [2.75, 3.05) is 11.9 Å². The lowest BCUT2D eigenvalue weighted by molar-refractivity contribution is 0.269. The highest BCUT2D eigenvalue weighted by Crippen LogP contribution is 2.11. The monoisotopic (exact) mass is 249 g/mol. The van der Waals surface area contributed by atoms with Crippen LogP contribution >= 0.6 is 0 Å². The van der Waals surface area contributed by atoms with Crippen molar-refractivity contribution in [2.24, 2.45) is 0 Å². The van der Waals surface area contributed by atoms with E-state index < -0.39 is 0 Å². The van der Waals surface area contributed by atoms with Crippen molar-refractivity contribution in [3.8, 4) is 0 Å². The molecular formula is C12H19N5O. The van der Waals surface area contributed by atoms with Crippen molar-refractivity contribution in [2.45, 2.75) is 33.5 Å². The van der Waals surface area contributed by atoms with Crippen molar-refractivity contribution >= 4 is 5.69 Å². The molecule has 0 radical (unpaired) electrons. The number of hydrogen-bond donors (Lipinski definition) is 2. The summed E-state index contributed by atoms with van der Waals surface area (Å²) in [5.74, 6) is 0. The van der Waals surface area contributed by atoms with Crippen LogP contribution in [-0.2, 0) is 19.6 Å². The topological polar surface area (TPSA) is 67.9 Å². The Balaban J connectivity index is 1.99. The van der Waals surface area contributed by atoms with E-state index in [4.69, 9.17) is 5.11 Å². The number of nitrogens with zero attached hydrogens (tertiary/aromatic N) is 4. The third-order valence-corrected chi connectivity index (χ3v) is 2.88. The lowest BCUT2D eigenvalue weighted by Crippen LogP contribution is -2.08. The van der Waals surface area contributed by atoms with E-state index in [0.717, 1.165) is 18.8 Å². The Hall–Kier alpha value is -1.82. The van der Waals surface area contributed by atoms with E-state index in [1.54, 1.807) is 10.9 Å². The second-order valence-corrected chi connectivity index (χ2v) is 4.16. The third kappa shape index (κ3) is 2.70. The van der Waals surface area contributed by atoms with Crippen molar-refractivity contribution in [3.05, 3.63) is 29.8 Å². The molecule has 2 heterocycles. The van der Waals surface area contributed by atoms with Crippen LogP contribution in [0.25, 0.3) is 0 Å². The molecule has 98 valence electrons. The molecule has 0 aliphatic carbocycles. The molecule has 0 bridgehead atoms. The molecule has 6 heteroatoms. The quantitative estimate of drug-likeness (QED) is 0.802. The molecule has 6 nitrogen and oxygen atoms in total. The summed E-state index contributed by atoms with van der Waals surface area (Å²) >= 11 is 0. The summed E-state index contributed by atoms with van der Waals surface area (Å²) in [4.78, 5) is 0. The van der Waals surface area contributed by atoms with Gasteiger partial charge in [0.2, 0.25) is 0 Å². The minimum atomic E-state index is 0.100. The van der Waals surface area contributed by atoms with Crippen LogP contribution < -0.4 is 5.32 Å². The maximum Gasteiger partial charge on any atom is 0.0729 e. The Bertz CT molecular complexity index is 502. The molecule has 0 unspecified atom stereocenters. The fourth-order valence-electron chi connectivity index (χ4n) is 1.87. The Morgan fingerprint density at radius 2 is 2.17 bits per heavy atom. The van der Waals surface area contributed by atoms with Crippen molar-refractivity contribution in [1.29, 1.82) is 0 Å². The number of anilines is 1. The van der Waals surface area contributed by atoms with Gasteiger partial charge in [-0.2, -0.15) is 10.2 Å². The summed E-state index contributed by atoms with van der Waals surface area (Å²) in [5.41, 5.74) is 3.33. The van der Waals surface area contributed by atoms with Crippen LogP contribution in [0.3, 0.4) is 0 Å². The van der Waals surface area contributed by atoms with E-state index in [1.807, 2.05) is 17.1 Å². The number of hydrogen-bond acceptors (Lipinski definition) is 4. The van der Waals surface area contributed by atoms with E-state index in [0.29, 0.717) is 6.54 Å². The molecule has 0 spiro atoms. The van der Waals surface area contributed by atoms with E-state index in [2.05, 4.69) is 29.4 Å². The molecule has 0 amide bonds. The minimum Gasteiger partial charge on any atom is -0.394 e. The van der Waals surface area contributed by atoms with Gasteiger partial charge in [-0.05, 0) is 19.4 Å². The molecule has 18 heavy (non-hydrogen) atoms. The van der Waals surface area contributed by atoms with E-state index >= 15 is 0 Å². The average molecular weight is 249 g/mol. The molecular weight excluding hydrogens is 230 g/mol. The zero-order valence-corrected chi connectivity index (χ0v) is 10.8. The summed E-state index contributed by atoms with van der Waals surface area (Å²) in [6, 6.07) is 0. The van der Waals surface area contributed by atoms with Gasteiger partial charge in [-0.15, -0.1) is 0 Å². The Labute approximate surface area is 106 Å². The van der Waals surface area contributed by atoms with Crippen LogP contribution in [0.5, 0.6) is 0 Å². The van der Waals surface area contributed by atoms with Gasteiger partial charge in [0.05, 0.1) is 43.5 Å². The Morgan fingerprint density at radius 3 is 2.89 bits per heavy atom. The average Bonchev–Trinajstić information content (AvgIpc) is 2.94. The van der Waals surface area contributed by atoms with Gasteiger partial charge in [-0.25, -0.2) is 0 Å². The van der Waals surface area contributed by atoms with Crippen molar-refractivity contribution in [3.63, 3.8) is 0 Å². The van der Waals surface area contributed by atoms with E-state index in [-0.39, 0.29) is 6.61 Å². The summed E-state index contributed by atoms with van der Waals surface area (Å²) in [7, 11) is 0. The molecule has 0 saturated carbocycles. The third-order valence-electron chi connectivity index (χ3n) is 2.88. The molecule has 0 aromatic carbocycles. The zero-order valence-electron chi connectivity index (χ0n) is 10.8. The zero-order chi connectivity index (χ0) is 13.0. The SMILES string of the molecule is CCn1ncc(C)c1CNc1cnn(CCO)c1. The Kier molecular flexibility index (Phi) is 3.99. The maximum atomic E-state index is 8.82. The van der Waals surface area contributed by atoms with Gasteiger partial charge in [-0.1, -0.05) is 0 Å². The molecule has 2 aromatic rings. The lowest BCUT2D eigenvalue weighted by atomic mass is 10.2. The van der Waals surface area contributed by atoms with Crippen molar-refractivity contribution in [1.82, 2.24) is 19.6 Å². The summed E-state index contributed by atoms with van der Waals surface area (Å²) in [6.45, 7) is 6.36. The number of aromatic nitrogens is 4. The van der Waals surface area contributed by atoms with Gasteiger partial charge in [0, 0.05) is 12.7 Å². The van der Waals surface area contributed by atoms with E-state index in [9.17, 15) is 0 Å². The summed E-state index contributed by atoms with van der Waals surface area (Å²) in [5, 5.41) is 20.6. The molecule has 2 aromatic heterocycles. The predicted molar refractivity (Wildman–Crippen MR) is 69.3 cm³/mol. The molecule has 2 rings (SSSR count). The van der Waals surface area contributed by atoms with Crippen LogP contribution in [-0.4, -0.2) is 31.3 Å². The molecule has 0 saturated heterocycles. The van der Waals surface area contributed by atoms with Gasteiger partial charge >= 0.3 is 0 Å². The first-order valence-electron chi connectivity index (χ1n) is 6.13. The van der Waals surface area contributed by atoms with Gasteiger partial charge in [0.25, 0.3) is 0 Å². The first kappa shape index (κ1) is 12.6. The smallest absolute Gasteiger partial charge is 0.0729 e. The second kappa shape index (κ2) is 5.68. The van der Waals surface area contributed by atoms with Gasteiger partial charge in [-0.3, -0.25) is 9.36 Å². The molecule has 0 atom stereocenters. The fraction of sp³-hybridized carbons (Fsp3) is 0.500. The molecule has 0 aliphatic rings. The number of aryl methyl sites for hydroxylation is 2. The van der Waals surface area contributed by atoms with Crippen molar-refractivity contribution < 1.29 is 5.11 Å². The first-order valence-corrected chi connectivity index (χ1v) is 6.13. The largest absolute Gasteiger partial charge is 0.394 e. The van der Waals surface area contributed by atoms with Gasteiger partial charge < -0.3 is 10.4 Å². The standard InChI is InChI=1S/C12H19N5O/c1-3-17-12(10(2)6-15-17)8-13-11-7-14-16(9-11)4-5-18/h6-7,9,13,18H,3-5,8H2,1-2H3. The highest BCUT2D eigenvalue weighted by Gasteiger charge is 2.06. The number of nitrogens with one attached hydrogen (secondary N) is 1. The summed E-state index contributed by atoms with van der Waals surface area (Å²) in [6.07, 6.45) is 5.53.